The van der Waals surface area contributed by atoms with Crippen LogP contribution < -0.4 is 11.1 Å². The summed E-state index contributed by atoms with van der Waals surface area (Å²) in [4.78, 5) is 0. The van der Waals surface area contributed by atoms with Crippen LogP contribution in [0.5, 0.6) is 0 Å². The van der Waals surface area contributed by atoms with Gasteiger partial charge in [0, 0.05) is 28.2 Å². The maximum Gasteiger partial charge on any atom is 0.0413 e. The van der Waals surface area contributed by atoms with E-state index >= 15 is 0 Å². The average Bonchev–Trinajstić information content (AvgIpc) is 2.72. The van der Waals surface area contributed by atoms with Crippen molar-refractivity contribution in [3.63, 3.8) is 0 Å². The van der Waals surface area contributed by atoms with Gasteiger partial charge < -0.3 is 11.1 Å². The Morgan fingerprint density at radius 3 is 2.93 bits per heavy atom. The first-order chi connectivity index (χ1) is 7.17. The molecule has 3 heteroatoms. The molecule has 1 aromatic rings. The van der Waals surface area contributed by atoms with Gasteiger partial charge >= 0.3 is 0 Å². The molecule has 2 aliphatic rings. The highest BCUT2D eigenvalue weighted by Gasteiger charge is 2.57. The van der Waals surface area contributed by atoms with Crippen molar-refractivity contribution in [2.75, 3.05) is 11.9 Å². The average molecular weight is 267 g/mol. The van der Waals surface area contributed by atoms with E-state index in [1.807, 2.05) is 0 Å². The molecule has 2 unspecified atom stereocenters. The van der Waals surface area contributed by atoms with Crippen LogP contribution in [0.25, 0.3) is 0 Å². The van der Waals surface area contributed by atoms with Crippen LogP contribution in [0.4, 0.5) is 5.69 Å². The van der Waals surface area contributed by atoms with Crippen LogP contribution in [0.1, 0.15) is 24.5 Å². The highest BCUT2D eigenvalue weighted by Crippen LogP contribution is 2.54. The van der Waals surface area contributed by atoms with Crippen LogP contribution in [-0.2, 0) is 11.8 Å². The third-order valence-electron chi connectivity index (χ3n) is 3.82. The number of benzene rings is 1. The van der Waals surface area contributed by atoms with E-state index < -0.39 is 0 Å². The molecule has 0 saturated heterocycles. The maximum atomic E-state index is 6.06. The van der Waals surface area contributed by atoms with Crippen LogP contribution in [0.2, 0.25) is 0 Å². The lowest BCUT2D eigenvalue weighted by Crippen LogP contribution is -2.20. The molecule has 15 heavy (non-hydrogen) atoms. The minimum atomic E-state index is 0.253. The fourth-order valence-corrected chi connectivity index (χ4v) is 3.24. The summed E-state index contributed by atoms with van der Waals surface area (Å²) in [6, 6.07) is 4.80. The van der Waals surface area contributed by atoms with E-state index in [9.17, 15) is 0 Å². The van der Waals surface area contributed by atoms with Crippen molar-refractivity contribution in [3.8, 4) is 0 Å². The summed E-state index contributed by atoms with van der Waals surface area (Å²) in [5, 5.41) is 3.53. The Morgan fingerprint density at radius 2 is 2.33 bits per heavy atom. The molecule has 0 radical (unpaired) electrons. The monoisotopic (exact) mass is 266 g/mol. The van der Waals surface area contributed by atoms with E-state index in [1.165, 1.54) is 21.3 Å². The van der Waals surface area contributed by atoms with Crippen molar-refractivity contribution < 1.29 is 0 Å². The van der Waals surface area contributed by atoms with Crippen LogP contribution in [0, 0.1) is 0 Å². The van der Waals surface area contributed by atoms with Gasteiger partial charge in [-0.3, -0.25) is 0 Å². The summed E-state index contributed by atoms with van der Waals surface area (Å²) in [6.07, 6.45) is 2.20. The second-order valence-electron chi connectivity index (χ2n) is 4.66. The van der Waals surface area contributed by atoms with Crippen molar-refractivity contribution in [2.24, 2.45) is 5.73 Å². The van der Waals surface area contributed by atoms with E-state index in [0.29, 0.717) is 6.04 Å². The number of halogens is 1. The third-order valence-corrected chi connectivity index (χ3v) is 4.27. The predicted molar refractivity (Wildman–Crippen MR) is 66.3 cm³/mol. The van der Waals surface area contributed by atoms with E-state index in [1.54, 1.807) is 0 Å². The summed E-state index contributed by atoms with van der Waals surface area (Å²) < 4.78 is 1.18. The van der Waals surface area contributed by atoms with Crippen molar-refractivity contribution in [1.82, 2.24) is 0 Å². The summed E-state index contributed by atoms with van der Waals surface area (Å²) in [7, 11) is 0. The minimum absolute atomic E-state index is 0.253. The van der Waals surface area contributed by atoms with E-state index in [2.05, 4.69) is 40.3 Å². The van der Waals surface area contributed by atoms with Crippen molar-refractivity contribution >= 4 is 21.6 Å². The van der Waals surface area contributed by atoms with Gasteiger partial charge in [-0.2, -0.15) is 0 Å². The number of rotatable bonds is 1. The highest BCUT2D eigenvalue weighted by atomic mass is 79.9. The molecule has 80 valence electrons. The summed E-state index contributed by atoms with van der Waals surface area (Å²) in [5.74, 6) is 0. The molecule has 1 aliphatic heterocycles. The minimum Gasteiger partial charge on any atom is -0.384 e. The van der Waals surface area contributed by atoms with E-state index in [-0.39, 0.29) is 5.41 Å². The van der Waals surface area contributed by atoms with Crippen molar-refractivity contribution in [2.45, 2.75) is 31.2 Å². The van der Waals surface area contributed by atoms with Crippen LogP contribution in [-0.4, -0.2) is 12.6 Å². The lowest BCUT2D eigenvalue weighted by molar-refractivity contribution is 0.733. The molecule has 1 spiro atoms. The number of fused-ring (bicyclic) bond motifs is 2. The number of nitrogens with two attached hydrogens (primary N) is 1. The fourth-order valence-electron chi connectivity index (χ4n) is 2.73. The number of hydrogen-bond acceptors (Lipinski definition) is 2. The molecular formula is C12H15BrN2. The normalized spacial score (nSPS) is 31.5. The zero-order valence-electron chi connectivity index (χ0n) is 8.81. The van der Waals surface area contributed by atoms with Crippen LogP contribution >= 0.6 is 15.9 Å². The zero-order chi connectivity index (χ0) is 10.6. The quantitative estimate of drug-likeness (QED) is 0.820. The first-order valence-corrected chi connectivity index (χ1v) is 6.29. The molecule has 0 bridgehead atoms. The lowest BCUT2D eigenvalue weighted by atomic mass is 9.95. The molecule has 3 N–H and O–H groups in total. The molecule has 2 atom stereocenters. The van der Waals surface area contributed by atoms with E-state index in [4.69, 9.17) is 5.73 Å². The van der Waals surface area contributed by atoms with Crippen LogP contribution in [0.15, 0.2) is 16.6 Å². The number of aryl methyl sites for hydroxylation is 1. The molecule has 3 rings (SSSR count). The number of nitrogens with one attached hydrogen (secondary N) is 1. The van der Waals surface area contributed by atoms with Gasteiger partial charge in [-0.05, 0) is 36.1 Å². The van der Waals surface area contributed by atoms with Crippen molar-refractivity contribution in [3.05, 3.63) is 27.7 Å². The molecule has 2 nitrogen and oxygen atoms in total. The Bertz CT molecular complexity index is 430. The smallest absolute Gasteiger partial charge is 0.0413 e. The molecule has 1 aliphatic carbocycles. The van der Waals surface area contributed by atoms with Gasteiger partial charge in [0.1, 0.15) is 0 Å². The SMILES string of the molecule is CCc1cc(Br)cc2c1NCC21CC1N. The molecule has 0 amide bonds. The number of anilines is 1. The second kappa shape index (κ2) is 2.98. The lowest BCUT2D eigenvalue weighted by Gasteiger charge is -2.10. The van der Waals surface area contributed by atoms with Crippen LogP contribution in [0.3, 0.4) is 0 Å². The second-order valence-corrected chi connectivity index (χ2v) is 5.58. The van der Waals surface area contributed by atoms with E-state index in [0.717, 1.165) is 19.4 Å². The standard InChI is InChI=1S/C12H15BrN2/c1-2-7-3-8(13)4-9-11(7)15-6-12(9)5-10(12)14/h3-4,10,15H,2,5-6,14H2,1H3. The van der Waals surface area contributed by atoms with Gasteiger partial charge in [-0.15, -0.1) is 0 Å². The Morgan fingerprint density at radius 1 is 1.60 bits per heavy atom. The Balaban J connectivity index is 2.17. The highest BCUT2D eigenvalue weighted by molar-refractivity contribution is 9.10. The van der Waals surface area contributed by atoms with Gasteiger partial charge in [0.2, 0.25) is 0 Å². The predicted octanol–water partition coefficient (Wildman–Crippen LogP) is 2.41. The first-order valence-electron chi connectivity index (χ1n) is 5.50. The first kappa shape index (κ1) is 9.67. The molecule has 1 fully saturated rings. The topological polar surface area (TPSA) is 38.0 Å². The molecular weight excluding hydrogens is 252 g/mol. The van der Waals surface area contributed by atoms with Crippen molar-refractivity contribution in [1.29, 1.82) is 0 Å². The molecule has 1 saturated carbocycles. The largest absolute Gasteiger partial charge is 0.384 e. The summed E-state index contributed by atoms with van der Waals surface area (Å²) in [6.45, 7) is 3.22. The summed E-state index contributed by atoms with van der Waals surface area (Å²) >= 11 is 3.59. The number of hydrogen-bond donors (Lipinski definition) is 2. The fraction of sp³-hybridized carbons (Fsp3) is 0.500. The Hall–Kier alpha value is -0.540. The van der Waals surface area contributed by atoms with Gasteiger partial charge in [-0.25, -0.2) is 0 Å². The molecule has 1 aromatic carbocycles. The molecule has 0 aromatic heterocycles. The zero-order valence-corrected chi connectivity index (χ0v) is 10.4. The van der Waals surface area contributed by atoms with Gasteiger partial charge in [0.15, 0.2) is 0 Å². The third kappa shape index (κ3) is 1.20. The van der Waals surface area contributed by atoms with Gasteiger partial charge in [0.05, 0.1) is 0 Å². The Labute approximate surface area is 98.4 Å². The molecule has 1 heterocycles. The van der Waals surface area contributed by atoms with Gasteiger partial charge in [0.25, 0.3) is 0 Å². The van der Waals surface area contributed by atoms with Gasteiger partial charge in [-0.1, -0.05) is 22.9 Å². The summed E-state index contributed by atoms with van der Waals surface area (Å²) in [5.41, 5.74) is 10.5. The Kier molecular flexibility index (Phi) is 1.92. The maximum absolute atomic E-state index is 6.06.